The van der Waals surface area contributed by atoms with E-state index in [9.17, 15) is 9.59 Å². The average molecular weight is 356 g/mol. The number of benzene rings is 3. The Bertz CT molecular complexity index is 865. The molecule has 0 aliphatic carbocycles. The summed E-state index contributed by atoms with van der Waals surface area (Å²) in [5.74, 6) is -1.22. The fraction of sp³-hybridized carbons (Fsp3) is 0.200. The maximum Gasteiger partial charge on any atom is 0.174 e. The normalized spacial score (nSPS) is 12.0. The van der Waals surface area contributed by atoms with Crippen LogP contribution in [0.3, 0.4) is 0 Å². The van der Waals surface area contributed by atoms with Crippen molar-refractivity contribution in [1.29, 1.82) is 0 Å². The van der Waals surface area contributed by atoms with Crippen LogP contribution in [0.15, 0.2) is 78.9 Å². The highest BCUT2D eigenvalue weighted by molar-refractivity contribution is 6.16. The molecule has 0 spiro atoms. The van der Waals surface area contributed by atoms with Gasteiger partial charge in [-0.25, -0.2) is 0 Å². The first-order chi connectivity index (χ1) is 13.0. The van der Waals surface area contributed by atoms with Gasteiger partial charge in [-0.2, -0.15) is 0 Å². The van der Waals surface area contributed by atoms with Crippen LogP contribution in [0.1, 0.15) is 50.2 Å². The number of hydrogen-bond donors (Lipinski definition) is 0. The Kier molecular flexibility index (Phi) is 5.66. The standard InChI is InChI=1S/C25H24O2/c1-17-9-13-21(14-10-17)24(26)23(19(3)20-7-5-4-6-8-20)25(27)22-15-11-18(2)12-16-22/h4-16,19,23H,1-3H3. The molecule has 2 nitrogen and oxygen atoms in total. The second-order valence-electron chi connectivity index (χ2n) is 7.14. The second kappa shape index (κ2) is 8.13. The lowest BCUT2D eigenvalue weighted by Gasteiger charge is -2.23. The van der Waals surface area contributed by atoms with E-state index >= 15 is 0 Å². The SMILES string of the molecule is Cc1ccc(C(=O)C(C(=O)c2ccc(C)cc2)C(C)c2ccccc2)cc1. The monoisotopic (exact) mass is 356 g/mol. The van der Waals surface area contributed by atoms with Gasteiger partial charge in [0.05, 0.1) is 5.92 Å². The van der Waals surface area contributed by atoms with Crippen molar-refractivity contribution in [2.24, 2.45) is 5.92 Å². The molecule has 0 aliphatic rings. The molecule has 0 saturated heterocycles. The largest absolute Gasteiger partial charge is 0.293 e. The van der Waals surface area contributed by atoms with Crippen molar-refractivity contribution in [3.63, 3.8) is 0 Å². The third-order valence-corrected chi connectivity index (χ3v) is 5.06. The highest BCUT2D eigenvalue weighted by Gasteiger charge is 2.34. The summed E-state index contributed by atoms with van der Waals surface area (Å²) in [4.78, 5) is 26.7. The summed E-state index contributed by atoms with van der Waals surface area (Å²) in [5, 5.41) is 0. The molecule has 0 aromatic heterocycles. The molecular weight excluding hydrogens is 332 g/mol. The first-order valence-corrected chi connectivity index (χ1v) is 9.24. The zero-order valence-electron chi connectivity index (χ0n) is 16.0. The van der Waals surface area contributed by atoms with Crippen molar-refractivity contribution >= 4 is 11.6 Å². The molecule has 0 bridgehead atoms. The molecule has 1 unspecified atom stereocenters. The van der Waals surface area contributed by atoms with E-state index in [0.29, 0.717) is 11.1 Å². The number of aryl methyl sites for hydroxylation is 2. The summed E-state index contributed by atoms with van der Waals surface area (Å²) in [6.07, 6.45) is 0. The third kappa shape index (κ3) is 4.22. The van der Waals surface area contributed by atoms with Crippen molar-refractivity contribution < 1.29 is 9.59 Å². The summed E-state index contributed by atoms with van der Waals surface area (Å²) in [6, 6.07) is 24.7. The van der Waals surface area contributed by atoms with E-state index in [1.54, 1.807) is 0 Å². The van der Waals surface area contributed by atoms with Crippen LogP contribution in [0.2, 0.25) is 0 Å². The minimum absolute atomic E-state index is 0.128. The molecule has 3 rings (SSSR count). The molecule has 3 aromatic carbocycles. The first kappa shape index (κ1) is 18.8. The molecule has 0 aliphatic heterocycles. The number of rotatable bonds is 6. The molecule has 0 saturated carbocycles. The molecule has 0 fully saturated rings. The summed E-state index contributed by atoms with van der Waals surface area (Å²) < 4.78 is 0. The number of carbonyl (C=O) groups excluding carboxylic acids is 2. The fourth-order valence-corrected chi connectivity index (χ4v) is 3.32. The molecule has 2 heteroatoms. The summed E-state index contributed by atoms with van der Waals surface area (Å²) in [7, 11) is 0. The predicted octanol–water partition coefficient (Wildman–Crippen LogP) is 5.79. The number of carbonyl (C=O) groups is 2. The van der Waals surface area contributed by atoms with Gasteiger partial charge in [-0.1, -0.05) is 96.9 Å². The number of ketones is 2. The van der Waals surface area contributed by atoms with E-state index < -0.39 is 5.92 Å². The van der Waals surface area contributed by atoms with Gasteiger partial charge in [0.2, 0.25) is 0 Å². The Morgan fingerprint density at radius 3 is 1.44 bits per heavy atom. The van der Waals surface area contributed by atoms with Gasteiger partial charge in [-0.15, -0.1) is 0 Å². The molecule has 136 valence electrons. The van der Waals surface area contributed by atoms with Gasteiger partial charge in [-0.05, 0) is 25.3 Å². The van der Waals surface area contributed by atoms with E-state index in [2.05, 4.69) is 0 Å². The molecular formula is C25H24O2. The van der Waals surface area contributed by atoms with Crippen molar-refractivity contribution in [3.05, 3.63) is 107 Å². The van der Waals surface area contributed by atoms with E-state index in [1.807, 2.05) is 99.6 Å². The molecule has 27 heavy (non-hydrogen) atoms. The average Bonchev–Trinajstić information content (AvgIpc) is 2.69. The summed E-state index contributed by atoms with van der Waals surface area (Å²) in [5.41, 5.74) is 4.32. The Morgan fingerprint density at radius 1 is 0.630 bits per heavy atom. The number of hydrogen-bond acceptors (Lipinski definition) is 2. The van der Waals surface area contributed by atoms with Crippen molar-refractivity contribution in [1.82, 2.24) is 0 Å². The van der Waals surface area contributed by atoms with E-state index in [4.69, 9.17) is 0 Å². The minimum Gasteiger partial charge on any atom is -0.293 e. The van der Waals surface area contributed by atoms with Crippen LogP contribution in [0, 0.1) is 19.8 Å². The van der Waals surface area contributed by atoms with Crippen LogP contribution in [0.5, 0.6) is 0 Å². The smallest absolute Gasteiger partial charge is 0.174 e. The van der Waals surface area contributed by atoms with Gasteiger partial charge < -0.3 is 0 Å². The number of Topliss-reactive ketones (excluding diaryl/α,β-unsaturated/α-hetero) is 2. The maximum atomic E-state index is 13.3. The van der Waals surface area contributed by atoms with Crippen LogP contribution in [-0.2, 0) is 0 Å². The van der Waals surface area contributed by atoms with E-state index in [0.717, 1.165) is 16.7 Å². The van der Waals surface area contributed by atoms with Gasteiger partial charge in [0, 0.05) is 11.1 Å². The van der Waals surface area contributed by atoms with Crippen molar-refractivity contribution in [2.75, 3.05) is 0 Å². The van der Waals surface area contributed by atoms with E-state index in [-0.39, 0.29) is 17.5 Å². The van der Waals surface area contributed by atoms with Crippen LogP contribution < -0.4 is 0 Å². The Labute approximate surface area is 160 Å². The van der Waals surface area contributed by atoms with Gasteiger partial charge in [0.15, 0.2) is 11.6 Å². The van der Waals surface area contributed by atoms with Gasteiger partial charge in [-0.3, -0.25) is 9.59 Å². The molecule has 1 atom stereocenters. The van der Waals surface area contributed by atoms with E-state index in [1.165, 1.54) is 0 Å². The predicted molar refractivity (Wildman–Crippen MR) is 109 cm³/mol. The van der Waals surface area contributed by atoms with Crippen LogP contribution in [-0.4, -0.2) is 11.6 Å². The second-order valence-corrected chi connectivity index (χ2v) is 7.14. The zero-order valence-corrected chi connectivity index (χ0v) is 16.0. The maximum absolute atomic E-state index is 13.3. The topological polar surface area (TPSA) is 34.1 Å². The molecule has 0 N–H and O–H groups in total. The summed E-state index contributed by atoms with van der Waals surface area (Å²) >= 11 is 0. The van der Waals surface area contributed by atoms with Crippen LogP contribution in [0.4, 0.5) is 0 Å². The fourth-order valence-electron chi connectivity index (χ4n) is 3.32. The summed E-state index contributed by atoms with van der Waals surface area (Å²) in [6.45, 7) is 5.92. The lowest BCUT2D eigenvalue weighted by atomic mass is 9.78. The minimum atomic E-state index is -0.752. The Morgan fingerprint density at radius 2 is 1.04 bits per heavy atom. The molecule has 0 radical (unpaired) electrons. The Hall–Kier alpha value is -3.00. The van der Waals surface area contributed by atoms with Gasteiger partial charge >= 0.3 is 0 Å². The highest BCUT2D eigenvalue weighted by Crippen LogP contribution is 2.30. The Balaban J connectivity index is 2.02. The van der Waals surface area contributed by atoms with Crippen molar-refractivity contribution in [2.45, 2.75) is 26.7 Å². The molecule has 3 aromatic rings. The lowest BCUT2D eigenvalue weighted by molar-refractivity contribution is 0.0787. The van der Waals surface area contributed by atoms with Crippen LogP contribution >= 0.6 is 0 Å². The first-order valence-electron chi connectivity index (χ1n) is 9.24. The quantitative estimate of drug-likeness (QED) is 0.414. The van der Waals surface area contributed by atoms with Crippen molar-refractivity contribution in [3.8, 4) is 0 Å². The van der Waals surface area contributed by atoms with Gasteiger partial charge in [0.1, 0.15) is 0 Å². The lowest BCUT2D eigenvalue weighted by Crippen LogP contribution is -2.29. The third-order valence-electron chi connectivity index (χ3n) is 5.06. The molecule has 0 amide bonds. The van der Waals surface area contributed by atoms with Gasteiger partial charge in [0.25, 0.3) is 0 Å². The van der Waals surface area contributed by atoms with Crippen LogP contribution in [0.25, 0.3) is 0 Å². The highest BCUT2D eigenvalue weighted by atomic mass is 16.2. The zero-order chi connectivity index (χ0) is 19.4. The molecule has 0 heterocycles.